The lowest BCUT2D eigenvalue weighted by molar-refractivity contribution is -0.142. The number of nitrogens with zero attached hydrogens (tertiary/aromatic N) is 1. The molecule has 1 aliphatic heterocycles. The Morgan fingerprint density at radius 2 is 1.46 bits per heavy atom. The lowest BCUT2D eigenvalue weighted by atomic mass is 9.86. The fourth-order valence-electron chi connectivity index (χ4n) is 8.59. The van der Waals surface area contributed by atoms with E-state index in [9.17, 15) is 37.2 Å². The van der Waals surface area contributed by atoms with Gasteiger partial charge in [0.1, 0.15) is 17.4 Å². The number of unbranched alkanes of at least 4 members (excludes halogenated alkanes) is 1. The number of rotatable bonds is 17. The highest BCUT2D eigenvalue weighted by molar-refractivity contribution is 7.89. The molecule has 3 amide bonds. The molecule has 70 heavy (non-hydrogen) atoms. The molecule has 5 atom stereocenters. The van der Waals surface area contributed by atoms with E-state index in [0.29, 0.717) is 34.6 Å². The van der Waals surface area contributed by atoms with E-state index in [4.69, 9.17) is 21.5 Å². The Kier molecular flexibility index (Phi) is 18.6. The van der Waals surface area contributed by atoms with Crippen LogP contribution >= 0.6 is 11.6 Å². The Balaban J connectivity index is 1.48. The van der Waals surface area contributed by atoms with Gasteiger partial charge in [-0.15, -0.1) is 0 Å². The van der Waals surface area contributed by atoms with Gasteiger partial charge < -0.3 is 20.3 Å². The van der Waals surface area contributed by atoms with Crippen molar-refractivity contribution in [3.8, 4) is 22.3 Å². The van der Waals surface area contributed by atoms with Crippen molar-refractivity contribution in [3.63, 3.8) is 0 Å². The standard InChI is InChI=1S/C54H65ClN4O10S/c1-32-12-14-36-27-43(32)44-29-40(15-13-33(44)2)50(48(62)26-35(4)51(64)58-45(28-36)47(61)25-34(3)49(63)31-70(56,67)68)59(8)52(65)41(11-9-10-24-57-53(66)69-54(5,6)7)30-46(60)39-18-16-37(17-19-39)38-20-22-42(55)23-21-38/h12-23,27,29,34-35,41,45,50H,9-11,24-26,28,30-31H2,1-8H3,(H,57,66)(H,58,64)(H2,56,67,68)/t34-,35-,41-,45+,50+/m1/s1. The largest absolute Gasteiger partial charge is 0.444 e. The van der Waals surface area contributed by atoms with E-state index in [2.05, 4.69) is 10.6 Å². The zero-order chi connectivity index (χ0) is 51.7. The normalized spacial score (nSPS) is 17.3. The van der Waals surface area contributed by atoms with Crippen molar-refractivity contribution in [2.24, 2.45) is 22.9 Å². The number of halogens is 1. The minimum Gasteiger partial charge on any atom is -0.444 e. The van der Waals surface area contributed by atoms with E-state index in [1.807, 2.05) is 68.4 Å². The molecule has 1 heterocycles. The summed E-state index contributed by atoms with van der Waals surface area (Å²) in [6, 6.07) is 23.3. The first-order chi connectivity index (χ1) is 32.8. The second kappa shape index (κ2) is 23.7. The summed E-state index contributed by atoms with van der Waals surface area (Å²) in [5, 5.41) is 11.2. The average Bonchev–Trinajstić information content (AvgIpc) is 3.28. The third-order valence-electron chi connectivity index (χ3n) is 12.5. The SMILES string of the molecule is Cc1ccc2cc1-c1cc(ccc1C)[C@H](N(C)C(=O)[C@H](CCCCNC(=O)OC(C)(C)C)CC(=O)c1ccc(-c3ccc(Cl)cc3)cc1)C(=O)C[C@@H](C)C(=O)N[C@H](C(=O)C[C@@H](C)C(=O)CS(N)(=O)=O)C2. The smallest absolute Gasteiger partial charge is 0.407 e. The topological polar surface area (TPSA) is 216 Å². The third-order valence-corrected chi connectivity index (χ3v) is 13.5. The van der Waals surface area contributed by atoms with Crippen molar-refractivity contribution in [2.75, 3.05) is 19.3 Å². The Bertz CT molecular complexity index is 2720. The molecular weight excluding hydrogens is 932 g/mol. The van der Waals surface area contributed by atoms with Gasteiger partial charge in [-0.25, -0.2) is 18.4 Å². The summed E-state index contributed by atoms with van der Waals surface area (Å²) in [6.45, 7) is 12.4. The number of hydrogen-bond donors (Lipinski definition) is 3. The highest BCUT2D eigenvalue weighted by Gasteiger charge is 2.36. The average molecular weight is 998 g/mol. The fourth-order valence-corrected chi connectivity index (χ4v) is 9.40. The zero-order valence-corrected chi connectivity index (χ0v) is 42.8. The summed E-state index contributed by atoms with van der Waals surface area (Å²) in [5.74, 6) is -6.83. The van der Waals surface area contributed by atoms with E-state index in [1.54, 1.807) is 58.0 Å². The van der Waals surface area contributed by atoms with Crippen molar-refractivity contribution in [1.82, 2.24) is 15.5 Å². The number of ether oxygens (including phenoxy) is 1. The van der Waals surface area contributed by atoms with Crippen molar-refractivity contribution in [1.29, 1.82) is 0 Å². The van der Waals surface area contributed by atoms with Gasteiger partial charge in [-0.2, -0.15) is 0 Å². The van der Waals surface area contributed by atoms with E-state index in [-0.39, 0.29) is 44.4 Å². The number of likely N-dealkylation sites (N-methyl/N-ethyl adjacent to an activating group) is 1. The first-order valence-electron chi connectivity index (χ1n) is 23.5. The molecule has 4 aromatic carbocycles. The lowest BCUT2D eigenvalue weighted by Crippen LogP contribution is -2.46. The van der Waals surface area contributed by atoms with E-state index in [0.717, 1.165) is 33.4 Å². The van der Waals surface area contributed by atoms with Gasteiger partial charge in [0, 0.05) is 61.2 Å². The molecule has 5 rings (SSSR count). The van der Waals surface area contributed by atoms with Gasteiger partial charge in [-0.3, -0.25) is 28.8 Å². The van der Waals surface area contributed by atoms with Gasteiger partial charge in [-0.1, -0.05) is 98.6 Å². The molecule has 4 aromatic rings. The monoisotopic (exact) mass is 996 g/mol. The molecule has 16 heteroatoms. The molecule has 4 bridgehead atoms. The van der Waals surface area contributed by atoms with Crippen molar-refractivity contribution in [3.05, 3.63) is 118 Å². The number of ketones is 4. The highest BCUT2D eigenvalue weighted by atomic mass is 35.5. The minimum atomic E-state index is -4.13. The molecule has 1 aliphatic rings. The van der Waals surface area contributed by atoms with Crippen LogP contribution in [0.3, 0.4) is 0 Å². The van der Waals surface area contributed by atoms with Crippen molar-refractivity contribution in [2.45, 2.75) is 111 Å². The number of benzene rings is 4. The number of aryl methyl sites for hydroxylation is 2. The van der Waals surface area contributed by atoms with Crippen LogP contribution in [-0.4, -0.2) is 85.3 Å². The number of Topliss-reactive ketones (excluding diaryl/α,β-unsaturated/α-hetero) is 4. The number of amides is 3. The second-order valence-electron chi connectivity index (χ2n) is 19.6. The van der Waals surface area contributed by atoms with Gasteiger partial charge in [-0.05, 0) is 117 Å². The molecule has 0 fully saturated rings. The third kappa shape index (κ3) is 15.5. The van der Waals surface area contributed by atoms with Gasteiger partial charge in [0.25, 0.3) is 0 Å². The summed E-state index contributed by atoms with van der Waals surface area (Å²) in [5.41, 5.74) is 6.04. The van der Waals surface area contributed by atoms with Crippen LogP contribution in [0.5, 0.6) is 0 Å². The molecular formula is C54H65ClN4O10S. The summed E-state index contributed by atoms with van der Waals surface area (Å²) in [6.07, 6.45) is -0.210. The maximum atomic E-state index is 15.0. The number of alkyl carbamates (subject to hydrolysis) is 1. The molecule has 0 saturated heterocycles. The molecule has 0 radical (unpaired) electrons. The number of nitrogens with two attached hydrogens (primary N) is 1. The number of hydrogen-bond acceptors (Lipinski definition) is 10. The predicted molar refractivity (Wildman–Crippen MR) is 270 cm³/mol. The van der Waals surface area contributed by atoms with Crippen molar-refractivity contribution < 1.29 is 46.7 Å². The fraction of sp³-hybridized carbons (Fsp3) is 0.426. The van der Waals surface area contributed by atoms with E-state index >= 15 is 4.79 Å². The Morgan fingerprint density at radius 1 is 0.857 bits per heavy atom. The van der Waals surface area contributed by atoms with Gasteiger partial charge in [0.15, 0.2) is 23.1 Å². The van der Waals surface area contributed by atoms with Gasteiger partial charge in [0.05, 0.1) is 6.04 Å². The highest BCUT2D eigenvalue weighted by Crippen LogP contribution is 2.35. The number of carbonyl (C=O) groups is 7. The molecule has 0 aliphatic carbocycles. The van der Waals surface area contributed by atoms with Crippen LogP contribution in [-0.2, 0) is 45.2 Å². The maximum Gasteiger partial charge on any atom is 0.407 e. The number of fused-ring (bicyclic) bond motifs is 5. The number of nitrogens with one attached hydrogen (secondary N) is 2. The van der Waals surface area contributed by atoms with Crippen LogP contribution in [0.15, 0.2) is 84.9 Å². The van der Waals surface area contributed by atoms with E-state index < -0.39 is 86.5 Å². The summed E-state index contributed by atoms with van der Waals surface area (Å²) in [7, 11) is -2.61. The van der Waals surface area contributed by atoms with Gasteiger partial charge in [0.2, 0.25) is 21.8 Å². The van der Waals surface area contributed by atoms with Crippen molar-refractivity contribution >= 4 is 62.7 Å². The van der Waals surface area contributed by atoms with Crippen LogP contribution in [0.1, 0.15) is 112 Å². The molecule has 0 saturated carbocycles. The summed E-state index contributed by atoms with van der Waals surface area (Å²) in [4.78, 5) is 98.2. The Hall–Kier alpha value is -6.03. The molecule has 374 valence electrons. The molecule has 14 nitrogen and oxygen atoms in total. The first-order valence-corrected chi connectivity index (χ1v) is 25.6. The van der Waals surface area contributed by atoms with Crippen LogP contribution in [0.25, 0.3) is 22.3 Å². The number of primary sulfonamides is 1. The second-order valence-corrected chi connectivity index (χ2v) is 21.6. The Morgan fingerprint density at radius 3 is 2.07 bits per heavy atom. The molecule has 0 unspecified atom stereocenters. The molecule has 0 aromatic heterocycles. The summed E-state index contributed by atoms with van der Waals surface area (Å²) < 4.78 is 28.7. The number of sulfonamides is 1. The lowest BCUT2D eigenvalue weighted by Gasteiger charge is -2.32. The predicted octanol–water partition coefficient (Wildman–Crippen LogP) is 8.46. The molecule has 4 N–H and O–H groups in total. The number of carbonyl (C=O) groups excluding carboxylic acids is 7. The van der Waals surface area contributed by atoms with Crippen LogP contribution < -0.4 is 15.8 Å². The minimum absolute atomic E-state index is 0.0525. The zero-order valence-electron chi connectivity index (χ0n) is 41.2. The van der Waals surface area contributed by atoms with Crippen LogP contribution in [0, 0.1) is 31.6 Å². The maximum absolute atomic E-state index is 15.0. The van der Waals surface area contributed by atoms with E-state index in [1.165, 1.54) is 18.9 Å². The first kappa shape index (κ1) is 54.9. The quantitative estimate of drug-likeness (QED) is 0.0677. The summed E-state index contributed by atoms with van der Waals surface area (Å²) >= 11 is 6.10. The van der Waals surface area contributed by atoms with Crippen LogP contribution in [0.2, 0.25) is 5.02 Å². The van der Waals surface area contributed by atoms with Crippen LogP contribution in [0.4, 0.5) is 4.79 Å². The molecule has 0 spiro atoms. The Labute approximate surface area is 416 Å². The van der Waals surface area contributed by atoms with Gasteiger partial charge >= 0.3 is 6.09 Å².